The highest BCUT2D eigenvalue weighted by atomic mass is 16.5. The molecule has 1 fully saturated rings. The number of likely N-dealkylation sites (N-methyl/N-ethyl adjacent to an activating group) is 1. The first-order valence-corrected chi connectivity index (χ1v) is 7.81. The molecule has 1 N–H and O–H groups in total. The predicted octanol–water partition coefficient (Wildman–Crippen LogP) is 2.80. The highest BCUT2D eigenvalue weighted by molar-refractivity contribution is 5.22. The van der Waals surface area contributed by atoms with Crippen LogP contribution in [0, 0.1) is 0 Å². The van der Waals surface area contributed by atoms with Crippen LogP contribution in [0.3, 0.4) is 0 Å². The topological polar surface area (TPSA) is 24.5 Å². The zero-order valence-electron chi connectivity index (χ0n) is 13.1. The molecular formula is C17H28N2O. The van der Waals surface area contributed by atoms with Crippen LogP contribution in [0.5, 0.6) is 0 Å². The van der Waals surface area contributed by atoms with Gasteiger partial charge in [-0.25, -0.2) is 0 Å². The van der Waals surface area contributed by atoms with E-state index in [4.69, 9.17) is 4.74 Å². The largest absolute Gasteiger partial charge is 0.377 e. The smallest absolute Gasteiger partial charge is 0.0703 e. The van der Waals surface area contributed by atoms with Crippen molar-refractivity contribution < 1.29 is 4.74 Å². The van der Waals surface area contributed by atoms with E-state index in [0.29, 0.717) is 12.1 Å². The molecule has 1 aromatic rings. The first kappa shape index (κ1) is 15.5. The van der Waals surface area contributed by atoms with Gasteiger partial charge in [0.05, 0.1) is 6.10 Å². The van der Waals surface area contributed by atoms with Crippen LogP contribution >= 0.6 is 0 Å². The Morgan fingerprint density at radius 3 is 2.55 bits per heavy atom. The van der Waals surface area contributed by atoms with Gasteiger partial charge in [0.15, 0.2) is 0 Å². The molecular weight excluding hydrogens is 248 g/mol. The highest BCUT2D eigenvalue weighted by Crippen LogP contribution is 2.20. The molecule has 0 radical (unpaired) electrons. The van der Waals surface area contributed by atoms with Crippen molar-refractivity contribution in [1.29, 1.82) is 0 Å². The summed E-state index contributed by atoms with van der Waals surface area (Å²) < 4.78 is 5.65. The van der Waals surface area contributed by atoms with Gasteiger partial charge in [-0.3, -0.25) is 4.90 Å². The molecule has 0 aromatic heterocycles. The summed E-state index contributed by atoms with van der Waals surface area (Å²) in [7, 11) is 2.20. The minimum Gasteiger partial charge on any atom is -0.377 e. The maximum atomic E-state index is 5.65. The SMILES string of the molecule is CCCNCc1ccc(CN(C)C2CCOC2C)cc1. The van der Waals surface area contributed by atoms with E-state index in [1.807, 2.05) is 0 Å². The Labute approximate surface area is 123 Å². The lowest BCUT2D eigenvalue weighted by Crippen LogP contribution is -2.36. The van der Waals surface area contributed by atoms with Crippen LogP contribution in [0.1, 0.15) is 37.8 Å². The number of nitrogens with zero attached hydrogens (tertiary/aromatic N) is 1. The lowest BCUT2D eigenvalue weighted by atomic mass is 10.1. The second-order valence-corrected chi connectivity index (χ2v) is 5.84. The Bertz CT molecular complexity index is 390. The molecule has 20 heavy (non-hydrogen) atoms. The van der Waals surface area contributed by atoms with Crippen LogP contribution < -0.4 is 5.32 Å². The fraction of sp³-hybridized carbons (Fsp3) is 0.647. The van der Waals surface area contributed by atoms with Gasteiger partial charge in [-0.15, -0.1) is 0 Å². The van der Waals surface area contributed by atoms with Crippen molar-refractivity contribution >= 4 is 0 Å². The normalized spacial score (nSPS) is 22.6. The van der Waals surface area contributed by atoms with Gasteiger partial charge in [-0.1, -0.05) is 31.2 Å². The Hall–Kier alpha value is -0.900. The molecule has 112 valence electrons. The Kier molecular flexibility index (Phi) is 6.02. The summed E-state index contributed by atoms with van der Waals surface area (Å²) in [6, 6.07) is 9.53. The van der Waals surface area contributed by atoms with Crippen molar-refractivity contribution in [3.63, 3.8) is 0 Å². The minimum absolute atomic E-state index is 0.359. The van der Waals surface area contributed by atoms with Gasteiger partial charge in [0, 0.05) is 25.7 Å². The first-order valence-electron chi connectivity index (χ1n) is 7.81. The van der Waals surface area contributed by atoms with E-state index in [1.54, 1.807) is 0 Å². The molecule has 0 bridgehead atoms. The Morgan fingerprint density at radius 1 is 1.25 bits per heavy atom. The molecule has 1 saturated heterocycles. The number of hydrogen-bond acceptors (Lipinski definition) is 3. The van der Waals surface area contributed by atoms with E-state index >= 15 is 0 Å². The molecule has 2 unspecified atom stereocenters. The Morgan fingerprint density at radius 2 is 1.95 bits per heavy atom. The van der Waals surface area contributed by atoms with Crippen LogP contribution in [-0.4, -0.2) is 37.2 Å². The molecule has 3 heteroatoms. The second kappa shape index (κ2) is 7.77. The lowest BCUT2D eigenvalue weighted by molar-refractivity contribution is 0.0814. The molecule has 0 spiro atoms. The van der Waals surface area contributed by atoms with E-state index in [-0.39, 0.29) is 0 Å². The van der Waals surface area contributed by atoms with Crippen molar-refractivity contribution in [2.45, 2.75) is 51.9 Å². The maximum absolute atomic E-state index is 5.65. The summed E-state index contributed by atoms with van der Waals surface area (Å²) in [4.78, 5) is 2.42. The summed E-state index contributed by atoms with van der Waals surface area (Å²) in [5.74, 6) is 0. The zero-order valence-corrected chi connectivity index (χ0v) is 13.1. The molecule has 0 aliphatic carbocycles. The summed E-state index contributed by atoms with van der Waals surface area (Å²) in [5.41, 5.74) is 2.74. The monoisotopic (exact) mass is 276 g/mol. The van der Waals surface area contributed by atoms with Crippen LogP contribution in [0.25, 0.3) is 0 Å². The predicted molar refractivity (Wildman–Crippen MR) is 83.7 cm³/mol. The van der Waals surface area contributed by atoms with Gasteiger partial charge in [0.25, 0.3) is 0 Å². The average Bonchev–Trinajstić information content (AvgIpc) is 2.87. The van der Waals surface area contributed by atoms with Gasteiger partial charge in [0.1, 0.15) is 0 Å². The van der Waals surface area contributed by atoms with Crippen molar-refractivity contribution in [3.8, 4) is 0 Å². The number of rotatable bonds is 7. The van der Waals surface area contributed by atoms with Crippen LogP contribution in [0.4, 0.5) is 0 Å². The van der Waals surface area contributed by atoms with Crippen molar-refractivity contribution in [2.75, 3.05) is 20.2 Å². The fourth-order valence-electron chi connectivity index (χ4n) is 2.88. The molecule has 1 heterocycles. The number of nitrogens with one attached hydrogen (secondary N) is 1. The Balaban J connectivity index is 1.83. The quantitative estimate of drug-likeness (QED) is 0.775. The number of benzene rings is 1. The maximum Gasteiger partial charge on any atom is 0.0703 e. The fourth-order valence-corrected chi connectivity index (χ4v) is 2.88. The first-order chi connectivity index (χ1) is 9.70. The van der Waals surface area contributed by atoms with E-state index in [2.05, 4.69) is 55.4 Å². The van der Waals surface area contributed by atoms with Crippen LogP contribution in [0.2, 0.25) is 0 Å². The van der Waals surface area contributed by atoms with E-state index < -0.39 is 0 Å². The molecule has 1 aromatic carbocycles. The van der Waals surface area contributed by atoms with Gasteiger partial charge in [-0.2, -0.15) is 0 Å². The molecule has 2 rings (SSSR count). The van der Waals surface area contributed by atoms with Crippen molar-refractivity contribution in [1.82, 2.24) is 10.2 Å². The third-order valence-corrected chi connectivity index (χ3v) is 4.11. The highest BCUT2D eigenvalue weighted by Gasteiger charge is 2.27. The summed E-state index contributed by atoms with van der Waals surface area (Å²) >= 11 is 0. The van der Waals surface area contributed by atoms with Gasteiger partial charge >= 0.3 is 0 Å². The third-order valence-electron chi connectivity index (χ3n) is 4.11. The summed E-state index contributed by atoms with van der Waals surface area (Å²) in [6.45, 7) is 8.33. The molecule has 1 aliphatic heterocycles. The number of ether oxygens (including phenoxy) is 1. The molecule has 3 nitrogen and oxygen atoms in total. The summed E-state index contributed by atoms with van der Waals surface area (Å²) in [5, 5.41) is 3.44. The molecule has 0 saturated carbocycles. The zero-order chi connectivity index (χ0) is 14.4. The standard InChI is InChI=1S/C17H28N2O/c1-4-10-18-12-15-5-7-16(8-6-15)13-19(3)17-9-11-20-14(17)2/h5-8,14,17-18H,4,9-13H2,1-3H3. The van der Waals surface area contributed by atoms with E-state index in [1.165, 1.54) is 17.5 Å². The average molecular weight is 276 g/mol. The van der Waals surface area contributed by atoms with Gasteiger partial charge in [0.2, 0.25) is 0 Å². The van der Waals surface area contributed by atoms with Gasteiger partial charge < -0.3 is 10.1 Å². The van der Waals surface area contributed by atoms with E-state index in [0.717, 1.165) is 32.7 Å². The van der Waals surface area contributed by atoms with Crippen LogP contribution in [0.15, 0.2) is 24.3 Å². The third kappa shape index (κ3) is 4.30. The van der Waals surface area contributed by atoms with E-state index in [9.17, 15) is 0 Å². The van der Waals surface area contributed by atoms with Crippen molar-refractivity contribution in [2.24, 2.45) is 0 Å². The molecule has 0 amide bonds. The minimum atomic E-state index is 0.359. The van der Waals surface area contributed by atoms with Gasteiger partial charge in [-0.05, 0) is 44.5 Å². The molecule has 2 atom stereocenters. The second-order valence-electron chi connectivity index (χ2n) is 5.84. The summed E-state index contributed by atoms with van der Waals surface area (Å²) in [6.07, 6.45) is 2.69. The molecule has 1 aliphatic rings. The number of hydrogen-bond donors (Lipinski definition) is 1. The van der Waals surface area contributed by atoms with Crippen LogP contribution in [-0.2, 0) is 17.8 Å². The van der Waals surface area contributed by atoms with Crippen molar-refractivity contribution in [3.05, 3.63) is 35.4 Å². The lowest BCUT2D eigenvalue weighted by Gasteiger charge is -2.26.